The molecule has 1 saturated heterocycles. The van der Waals surface area contributed by atoms with Crippen LogP contribution in [-0.4, -0.2) is 36.1 Å². The molecular formula is C17H34N2. The number of likely N-dealkylation sites (tertiary alicyclic amines) is 1. The van der Waals surface area contributed by atoms with E-state index in [0.717, 1.165) is 18.1 Å². The number of nitrogens with zero attached hydrogens (tertiary/aromatic N) is 1. The van der Waals surface area contributed by atoms with Crippen LogP contribution in [0.25, 0.3) is 0 Å². The van der Waals surface area contributed by atoms with E-state index in [2.05, 4.69) is 24.1 Å². The van der Waals surface area contributed by atoms with Crippen LogP contribution in [0.2, 0.25) is 0 Å². The molecule has 2 nitrogen and oxygen atoms in total. The normalized spacial score (nSPS) is 23.7. The van der Waals surface area contributed by atoms with Gasteiger partial charge in [-0.3, -0.25) is 0 Å². The van der Waals surface area contributed by atoms with Crippen LogP contribution in [0.1, 0.15) is 78.1 Å². The molecule has 19 heavy (non-hydrogen) atoms. The van der Waals surface area contributed by atoms with Crippen molar-refractivity contribution in [2.75, 3.05) is 13.1 Å². The molecule has 0 radical (unpaired) electrons. The molecule has 0 aromatic heterocycles. The average Bonchev–Trinajstić information content (AvgIpc) is 3.24. The minimum atomic E-state index is 0.721. The zero-order chi connectivity index (χ0) is 13.5. The Morgan fingerprint density at radius 1 is 1.00 bits per heavy atom. The first kappa shape index (κ1) is 15.3. The molecule has 1 heterocycles. The van der Waals surface area contributed by atoms with Gasteiger partial charge in [0.25, 0.3) is 0 Å². The van der Waals surface area contributed by atoms with E-state index in [1.807, 2.05) is 0 Å². The number of piperidine rings is 1. The molecule has 1 atom stereocenters. The summed E-state index contributed by atoms with van der Waals surface area (Å²) in [6.45, 7) is 7.35. The molecule has 1 aliphatic carbocycles. The highest BCUT2D eigenvalue weighted by atomic mass is 15.2. The highest BCUT2D eigenvalue weighted by molar-refractivity contribution is 4.89. The van der Waals surface area contributed by atoms with E-state index in [9.17, 15) is 0 Å². The Labute approximate surface area is 120 Å². The van der Waals surface area contributed by atoms with Crippen LogP contribution in [0.3, 0.4) is 0 Å². The molecule has 0 spiro atoms. The van der Waals surface area contributed by atoms with E-state index >= 15 is 0 Å². The second-order valence-corrected chi connectivity index (χ2v) is 6.81. The Bertz CT molecular complexity index is 229. The molecule has 2 rings (SSSR count). The van der Waals surface area contributed by atoms with E-state index < -0.39 is 0 Å². The number of hydrogen-bond acceptors (Lipinski definition) is 2. The predicted octanol–water partition coefficient (Wildman–Crippen LogP) is 3.95. The molecule has 1 N–H and O–H groups in total. The third-order valence-electron chi connectivity index (χ3n) is 4.85. The maximum Gasteiger partial charge on any atom is 0.00964 e. The van der Waals surface area contributed by atoms with Crippen LogP contribution in [-0.2, 0) is 0 Å². The molecule has 0 aromatic carbocycles. The van der Waals surface area contributed by atoms with Crippen molar-refractivity contribution in [1.82, 2.24) is 10.2 Å². The smallest absolute Gasteiger partial charge is 0.00964 e. The molecule has 2 aliphatic rings. The van der Waals surface area contributed by atoms with Gasteiger partial charge in [0.15, 0.2) is 0 Å². The minimum absolute atomic E-state index is 0.721. The summed E-state index contributed by atoms with van der Waals surface area (Å²) in [5, 5.41) is 3.86. The Morgan fingerprint density at radius 2 is 1.68 bits per heavy atom. The summed E-state index contributed by atoms with van der Waals surface area (Å²) in [6.07, 6.45) is 14.1. The maximum atomic E-state index is 3.86. The Kier molecular flexibility index (Phi) is 6.66. The zero-order valence-electron chi connectivity index (χ0n) is 13.2. The van der Waals surface area contributed by atoms with Gasteiger partial charge in [0.1, 0.15) is 0 Å². The topological polar surface area (TPSA) is 15.3 Å². The van der Waals surface area contributed by atoms with Crippen LogP contribution in [0, 0.1) is 0 Å². The summed E-state index contributed by atoms with van der Waals surface area (Å²) < 4.78 is 0. The number of nitrogens with one attached hydrogen (secondary N) is 1. The van der Waals surface area contributed by atoms with Crippen molar-refractivity contribution in [2.45, 2.75) is 96.2 Å². The number of rotatable bonds is 9. The zero-order valence-corrected chi connectivity index (χ0v) is 13.2. The lowest BCUT2D eigenvalue weighted by atomic mass is 10.0. The fourth-order valence-electron chi connectivity index (χ4n) is 3.41. The van der Waals surface area contributed by atoms with Gasteiger partial charge < -0.3 is 10.2 Å². The first-order valence-corrected chi connectivity index (χ1v) is 8.79. The lowest BCUT2D eigenvalue weighted by Crippen LogP contribution is -2.46. The summed E-state index contributed by atoms with van der Waals surface area (Å²) in [5.41, 5.74) is 0. The molecule has 0 aromatic rings. The molecule has 2 fully saturated rings. The second kappa shape index (κ2) is 8.26. The lowest BCUT2D eigenvalue weighted by molar-refractivity contribution is 0.183. The Hall–Kier alpha value is -0.0800. The van der Waals surface area contributed by atoms with E-state index in [1.165, 1.54) is 77.3 Å². The Balaban J connectivity index is 1.49. The van der Waals surface area contributed by atoms with Crippen molar-refractivity contribution < 1.29 is 0 Å². The van der Waals surface area contributed by atoms with Crippen molar-refractivity contribution in [3.63, 3.8) is 0 Å². The monoisotopic (exact) mass is 266 g/mol. The van der Waals surface area contributed by atoms with Crippen LogP contribution in [0.5, 0.6) is 0 Å². The number of unbranched alkanes of at least 4 members (excludes halogenated alkanes) is 4. The molecule has 1 aliphatic heterocycles. The van der Waals surface area contributed by atoms with E-state index in [1.54, 1.807) is 0 Å². The highest BCUT2D eigenvalue weighted by Gasteiger charge is 2.31. The summed E-state index contributed by atoms with van der Waals surface area (Å²) in [6, 6.07) is 2.48. The minimum Gasteiger partial charge on any atom is -0.311 e. The summed E-state index contributed by atoms with van der Waals surface area (Å²) in [5.74, 6) is 0. The molecule has 2 heteroatoms. The quantitative estimate of drug-likeness (QED) is 0.636. The molecule has 0 bridgehead atoms. The fraction of sp³-hybridized carbons (Fsp3) is 1.00. The van der Waals surface area contributed by atoms with Crippen molar-refractivity contribution in [3.05, 3.63) is 0 Å². The summed E-state index contributed by atoms with van der Waals surface area (Å²) in [4.78, 5) is 2.72. The van der Waals surface area contributed by atoms with Gasteiger partial charge in [-0.25, -0.2) is 0 Å². The third-order valence-corrected chi connectivity index (χ3v) is 4.85. The van der Waals surface area contributed by atoms with E-state index in [0.29, 0.717) is 0 Å². The Morgan fingerprint density at radius 3 is 2.32 bits per heavy atom. The first-order chi connectivity index (χ1) is 9.29. The standard InChI is InChI=1S/C17H34N2/c1-3-4-5-6-7-8-15(2)18-16-11-13-19(14-12-16)17-9-10-17/h15-18H,3-14H2,1-2H3. The van der Waals surface area contributed by atoms with Crippen molar-refractivity contribution in [3.8, 4) is 0 Å². The second-order valence-electron chi connectivity index (χ2n) is 6.81. The van der Waals surface area contributed by atoms with Crippen LogP contribution in [0.15, 0.2) is 0 Å². The highest BCUT2D eigenvalue weighted by Crippen LogP contribution is 2.29. The van der Waals surface area contributed by atoms with Gasteiger partial charge in [0.2, 0.25) is 0 Å². The predicted molar refractivity (Wildman–Crippen MR) is 83.6 cm³/mol. The van der Waals surface area contributed by atoms with Crippen molar-refractivity contribution >= 4 is 0 Å². The molecule has 1 unspecified atom stereocenters. The van der Waals surface area contributed by atoms with E-state index in [4.69, 9.17) is 0 Å². The lowest BCUT2D eigenvalue weighted by Gasteiger charge is -2.34. The van der Waals surface area contributed by atoms with Gasteiger partial charge in [-0.2, -0.15) is 0 Å². The molecule has 0 amide bonds. The summed E-state index contributed by atoms with van der Waals surface area (Å²) >= 11 is 0. The van der Waals surface area contributed by atoms with Gasteiger partial charge >= 0.3 is 0 Å². The average molecular weight is 266 g/mol. The third kappa shape index (κ3) is 5.83. The maximum absolute atomic E-state index is 3.86. The largest absolute Gasteiger partial charge is 0.311 e. The molecular weight excluding hydrogens is 232 g/mol. The first-order valence-electron chi connectivity index (χ1n) is 8.79. The number of hydrogen-bond donors (Lipinski definition) is 1. The van der Waals surface area contributed by atoms with Gasteiger partial charge in [0, 0.05) is 18.1 Å². The molecule has 1 saturated carbocycles. The SMILES string of the molecule is CCCCCCCC(C)NC1CCN(C2CC2)CC1. The van der Waals surface area contributed by atoms with Gasteiger partial charge in [-0.1, -0.05) is 39.0 Å². The van der Waals surface area contributed by atoms with E-state index in [-0.39, 0.29) is 0 Å². The fourth-order valence-corrected chi connectivity index (χ4v) is 3.41. The van der Waals surface area contributed by atoms with Crippen LogP contribution in [0.4, 0.5) is 0 Å². The van der Waals surface area contributed by atoms with Crippen molar-refractivity contribution in [2.24, 2.45) is 0 Å². The van der Waals surface area contributed by atoms with Crippen LogP contribution < -0.4 is 5.32 Å². The van der Waals surface area contributed by atoms with Crippen LogP contribution >= 0.6 is 0 Å². The van der Waals surface area contributed by atoms with Gasteiger partial charge in [-0.05, 0) is 52.1 Å². The van der Waals surface area contributed by atoms with Crippen molar-refractivity contribution in [1.29, 1.82) is 0 Å². The molecule has 112 valence electrons. The van der Waals surface area contributed by atoms with Gasteiger partial charge in [-0.15, -0.1) is 0 Å². The summed E-state index contributed by atoms with van der Waals surface area (Å²) in [7, 11) is 0. The van der Waals surface area contributed by atoms with Gasteiger partial charge in [0.05, 0.1) is 0 Å².